The monoisotopic (exact) mass is 247 g/mol. The summed E-state index contributed by atoms with van der Waals surface area (Å²) in [6.07, 6.45) is 1.92. The third-order valence-corrected chi connectivity index (χ3v) is 3.15. The fourth-order valence-corrected chi connectivity index (χ4v) is 2.11. The molecule has 1 aliphatic heterocycles. The van der Waals surface area contributed by atoms with Crippen LogP contribution in [0.4, 0.5) is 0 Å². The Bertz CT molecular complexity index is 497. The van der Waals surface area contributed by atoms with E-state index in [2.05, 4.69) is 4.98 Å². The van der Waals surface area contributed by atoms with E-state index in [1.165, 1.54) is 4.90 Å². The zero-order valence-electron chi connectivity index (χ0n) is 10.6. The SMILES string of the molecule is CC1(C)CC(=O)N(Cc2ccnc(CN)c2)C1=O. The zero-order chi connectivity index (χ0) is 13.3. The molecule has 5 heteroatoms. The Morgan fingerprint density at radius 2 is 2.17 bits per heavy atom. The summed E-state index contributed by atoms with van der Waals surface area (Å²) in [6.45, 7) is 4.24. The van der Waals surface area contributed by atoms with Gasteiger partial charge in [-0.1, -0.05) is 13.8 Å². The summed E-state index contributed by atoms with van der Waals surface area (Å²) in [7, 11) is 0. The predicted octanol–water partition coefficient (Wildman–Crippen LogP) is 0.825. The molecule has 2 N–H and O–H groups in total. The van der Waals surface area contributed by atoms with Gasteiger partial charge in [0.25, 0.3) is 0 Å². The summed E-state index contributed by atoms with van der Waals surface area (Å²) in [5, 5.41) is 0. The van der Waals surface area contributed by atoms with Crippen molar-refractivity contribution in [3.8, 4) is 0 Å². The second-order valence-electron chi connectivity index (χ2n) is 5.21. The van der Waals surface area contributed by atoms with E-state index in [1.807, 2.05) is 6.07 Å². The highest BCUT2D eigenvalue weighted by atomic mass is 16.2. The van der Waals surface area contributed by atoms with Gasteiger partial charge in [0.05, 0.1) is 17.7 Å². The number of hydrogen-bond donors (Lipinski definition) is 1. The molecule has 96 valence electrons. The molecule has 0 aromatic carbocycles. The fraction of sp³-hybridized carbons (Fsp3) is 0.462. The second-order valence-corrected chi connectivity index (χ2v) is 5.21. The lowest BCUT2D eigenvalue weighted by Crippen LogP contribution is -2.32. The van der Waals surface area contributed by atoms with E-state index >= 15 is 0 Å². The van der Waals surface area contributed by atoms with Crippen LogP contribution in [0, 0.1) is 5.41 Å². The quantitative estimate of drug-likeness (QED) is 0.802. The standard InChI is InChI=1S/C13H17N3O2/c1-13(2)6-11(17)16(12(13)18)8-9-3-4-15-10(5-9)7-14/h3-5H,6-8,14H2,1-2H3. The first-order valence-corrected chi connectivity index (χ1v) is 5.93. The Kier molecular flexibility index (Phi) is 3.17. The molecular weight excluding hydrogens is 230 g/mol. The van der Waals surface area contributed by atoms with Crippen LogP contribution in [-0.4, -0.2) is 21.7 Å². The van der Waals surface area contributed by atoms with Crippen LogP contribution in [0.3, 0.4) is 0 Å². The van der Waals surface area contributed by atoms with Crippen molar-refractivity contribution in [2.75, 3.05) is 0 Å². The van der Waals surface area contributed by atoms with Crippen LogP contribution < -0.4 is 5.73 Å². The van der Waals surface area contributed by atoms with Gasteiger partial charge in [-0.2, -0.15) is 0 Å². The highest BCUT2D eigenvalue weighted by Gasteiger charge is 2.44. The minimum Gasteiger partial charge on any atom is -0.325 e. The maximum atomic E-state index is 12.1. The van der Waals surface area contributed by atoms with E-state index in [9.17, 15) is 9.59 Å². The molecule has 0 saturated carbocycles. The van der Waals surface area contributed by atoms with Gasteiger partial charge in [-0.3, -0.25) is 19.5 Å². The fourth-order valence-electron chi connectivity index (χ4n) is 2.11. The Morgan fingerprint density at radius 1 is 1.44 bits per heavy atom. The van der Waals surface area contributed by atoms with Crippen molar-refractivity contribution >= 4 is 11.8 Å². The van der Waals surface area contributed by atoms with Crippen LogP contribution in [0.5, 0.6) is 0 Å². The molecule has 2 heterocycles. The molecule has 1 aromatic heterocycles. The van der Waals surface area contributed by atoms with Gasteiger partial charge >= 0.3 is 0 Å². The summed E-state index contributed by atoms with van der Waals surface area (Å²) >= 11 is 0. The van der Waals surface area contributed by atoms with Gasteiger partial charge in [-0.25, -0.2) is 0 Å². The molecule has 0 atom stereocenters. The first kappa shape index (κ1) is 12.7. The third kappa shape index (κ3) is 2.26. The number of likely N-dealkylation sites (tertiary alicyclic amines) is 1. The minimum atomic E-state index is -0.583. The number of nitrogens with zero attached hydrogens (tertiary/aromatic N) is 2. The van der Waals surface area contributed by atoms with Gasteiger partial charge in [0.15, 0.2) is 0 Å². The molecule has 1 aliphatic rings. The average molecular weight is 247 g/mol. The number of nitrogens with two attached hydrogens (primary N) is 1. The maximum Gasteiger partial charge on any atom is 0.235 e. The van der Waals surface area contributed by atoms with Gasteiger partial charge in [0, 0.05) is 19.2 Å². The molecule has 0 radical (unpaired) electrons. The Morgan fingerprint density at radius 3 is 2.72 bits per heavy atom. The van der Waals surface area contributed by atoms with Crippen LogP contribution in [-0.2, 0) is 22.7 Å². The van der Waals surface area contributed by atoms with E-state index in [4.69, 9.17) is 5.73 Å². The number of hydrogen-bond acceptors (Lipinski definition) is 4. The summed E-state index contributed by atoms with van der Waals surface area (Å²) in [5.74, 6) is -0.227. The van der Waals surface area contributed by atoms with Crippen molar-refractivity contribution < 1.29 is 9.59 Å². The zero-order valence-corrected chi connectivity index (χ0v) is 10.6. The Hall–Kier alpha value is -1.75. The molecule has 0 bridgehead atoms. The first-order chi connectivity index (χ1) is 8.44. The summed E-state index contributed by atoms with van der Waals surface area (Å²) in [4.78, 5) is 29.3. The molecule has 2 rings (SSSR count). The lowest BCUT2D eigenvalue weighted by atomic mass is 9.92. The number of amides is 2. The van der Waals surface area contributed by atoms with Gasteiger partial charge in [-0.15, -0.1) is 0 Å². The Labute approximate surface area is 106 Å². The van der Waals surface area contributed by atoms with Crippen LogP contribution in [0.1, 0.15) is 31.5 Å². The van der Waals surface area contributed by atoms with Crippen LogP contribution in [0.25, 0.3) is 0 Å². The molecule has 0 unspecified atom stereocenters. The van der Waals surface area contributed by atoms with E-state index < -0.39 is 5.41 Å². The van der Waals surface area contributed by atoms with Crippen LogP contribution in [0.2, 0.25) is 0 Å². The number of rotatable bonds is 3. The number of imide groups is 1. The number of carbonyl (C=O) groups is 2. The van der Waals surface area contributed by atoms with Crippen LogP contribution >= 0.6 is 0 Å². The van der Waals surface area contributed by atoms with Crippen molar-refractivity contribution in [3.63, 3.8) is 0 Å². The topological polar surface area (TPSA) is 76.3 Å². The van der Waals surface area contributed by atoms with Gasteiger partial charge < -0.3 is 5.73 Å². The number of pyridine rings is 1. The maximum absolute atomic E-state index is 12.1. The molecule has 1 aromatic rings. The van der Waals surface area contributed by atoms with E-state index in [0.717, 1.165) is 11.3 Å². The van der Waals surface area contributed by atoms with Gasteiger partial charge in [-0.05, 0) is 17.7 Å². The molecule has 1 fully saturated rings. The van der Waals surface area contributed by atoms with Gasteiger partial charge in [0.1, 0.15) is 0 Å². The third-order valence-electron chi connectivity index (χ3n) is 3.15. The Balaban J connectivity index is 2.19. The lowest BCUT2D eigenvalue weighted by molar-refractivity contribution is -0.141. The van der Waals surface area contributed by atoms with Crippen LogP contribution in [0.15, 0.2) is 18.3 Å². The van der Waals surface area contributed by atoms with E-state index in [-0.39, 0.29) is 18.2 Å². The minimum absolute atomic E-state index is 0.112. The largest absolute Gasteiger partial charge is 0.325 e. The highest BCUT2D eigenvalue weighted by Crippen LogP contribution is 2.32. The van der Waals surface area contributed by atoms with Crippen molar-refractivity contribution in [2.45, 2.75) is 33.4 Å². The first-order valence-electron chi connectivity index (χ1n) is 5.93. The van der Waals surface area contributed by atoms with Gasteiger partial charge in [0.2, 0.25) is 11.8 Å². The summed E-state index contributed by atoms with van der Waals surface area (Å²) in [5.41, 5.74) is 6.57. The molecular formula is C13H17N3O2. The predicted molar refractivity (Wildman–Crippen MR) is 66.1 cm³/mol. The number of carbonyl (C=O) groups excluding carboxylic acids is 2. The second kappa shape index (κ2) is 4.49. The molecule has 18 heavy (non-hydrogen) atoms. The van der Waals surface area contributed by atoms with Crippen molar-refractivity contribution in [2.24, 2.45) is 11.1 Å². The normalized spacial score (nSPS) is 18.5. The summed E-state index contributed by atoms with van der Waals surface area (Å²) < 4.78 is 0. The highest BCUT2D eigenvalue weighted by molar-refractivity contribution is 6.05. The van der Waals surface area contributed by atoms with Crippen molar-refractivity contribution in [3.05, 3.63) is 29.6 Å². The molecule has 2 amide bonds. The average Bonchev–Trinajstić information content (AvgIpc) is 2.52. The molecule has 5 nitrogen and oxygen atoms in total. The lowest BCUT2D eigenvalue weighted by Gasteiger charge is -2.17. The number of aromatic nitrogens is 1. The van der Waals surface area contributed by atoms with E-state index in [1.54, 1.807) is 26.1 Å². The molecule has 0 spiro atoms. The smallest absolute Gasteiger partial charge is 0.235 e. The van der Waals surface area contributed by atoms with Crippen molar-refractivity contribution in [1.82, 2.24) is 9.88 Å². The van der Waals surface area contributed by atoms with E-state index in [0.29, 0.717) is 13.1 Å². The summed E-state index contributed by atoms with van der Waals surface area (Å²) in [6, 6.07) is 3.62. The van der Waals surface area contributed by atoms with Crippen molar-refractivity contribution in [1.29, 1.82) is 0 Å². The molecule has 1 saturated heterocycles. The molecule has 0 aliphatic carbocycles.